The molecule has 0 radical (unpaired) electrons. The fourth-order valence-corrected chi connectivity index (χ4v) is 2.15. The summed E-state index contributed by atoms with van der Waals surface area (Å²) in [5.41, 5.74) is 9.17. The number of hydrogen-bond acceptors (Lipinski definition) is 3. The van der Waals surface area contributed by atoms with Gasteiger partial charge in [0.15, 0.2) is 11.5 Å². The van der Waals surface area contributed by atoms with Crippen LogP contribution in [0.3, 0.4) is 0 Å². The highest BCUT2D eigenvalue weighted by atomic mass is 35.5. The lowest BCUT2D eigenvalue weighted by molar-refractivity contribution is 0.529. The lowest BCUT2D eigenvalue weighted by Gasteiger charge is -1.98. The van der Waals surface area contributed by atoms with Gasteiger partial charge in [0.1, 0.15) is 5.52 Å². The standard InChI is InChI=1S/C15H13ClN2O/c16-11-7-4-10(5-8-11)6-9-14-18-13-3-1-2-12(17)15(13)19-14/h1-5,7-8H,6,9,17H2. The lowest BCUT2D eigenvalue weighted by Crippen LogP contribution is -1.90. The first-order valence-corrected chi connectivity index (χ1v) is 6.48. The highest BCUT2D eigenvalue weighted by Gasteiger charge is 2.08. The first-order chi connectivity index (χ1) is 9.22. The largest absolute Gasteiger partial charge is 0.439 e. The van der Waals surface area contributed by atoms with Crippen molar-refractivity contribution in [2.75, 3.05) is 5.73 Å². The highest BCUT2D eigenvalue weighted by molar-refractivity contribution is 6.30. The summed E-state index contributed by atoms with van der Waals surface area (Å²) in [6, 6.07) is 13.4. The molecule has 19 heavy (non-hydrogen) atoms. The van der Waals surface area contributed by atoms with E-state index in [2.05, 4.69) is 4.98 Å². The van der Waals surface area contributed by atoms with Gasteiger partial charge in [-0.15, -0.1) is 0 Å². The molecule has 1 aromatic heterocycles. The fourth-order valence-electron chi connectivity index (χ4n) is 2.03. The number of nitrogen functional groups attached to an aromatic ring is 1. The third-order valence-corrected chi connectivity index (χ3v) is 3.28. The molecule has 0 aliphatic heterocycles. The van der Waals surface area contributed by atoms with E-state index >= 15 is 0 Å². The molecule has 0 atom stereocenters. The molecule has 0 aliphatic carbocycles. The van der Waals surface area contributed by atoms with Gasteiger partial charge in [-0.2, -0.15) is 0 Å². The Morgan fingerprint density at radius 1 is 1.05 bits per heavy atom. The van der Waals surface area contributed by atoms with Gasteiger partial charge < -0.3 is 10.2 Å². The van der Waals surface area contributed by atoms with Gasteiger partial charge in [-0.1, -0.05) is 29.8 Å². The van der Waals surface area contributed by atoms with Crippen molar-refractivity contribution < 1.29 is 4.42 Å². The maximum absolute atomic E-state index is 5.85. The van der Waals surface area contributed by atoms with E-state index in [9.17, 15) is 0 Å². The molecule has 3 nitrogen and oxygen atoms in total. The van der Waals surface area contributed by atoms with Crippen LogP contribution in [0, 0.1) is 0 Å². The molecule has 0 bridgehead atoms. The van der Waals surface area contributed by atoms with Crippen molar-refractivity contribution in [2.45, 2.75) is 12.8 Å². The average molecular weight is 273 g/mol. The van der Waals surface area contributed by atoms with Gasteiger partial charge in [0.05, 0.1) is 5.69 Å². The minimum atomic E-state index is 0.628. The van der Waals surface area contributed by atoms with Crippen LogP contribution in [0.1, 0.15) is 11.5 Å². The molecule has 0 spiro atoms. The van der Waals surface area contributed by atoms with E-state index in [0.717, 1.165) is 23.4 Å². The minimum absolute atomic E-state index is 0.628. The van der Waals surface area contributed by atoms with Crippen molar-refractivity contribution >= 4 is 28.4 Å². The second-order valence-electron chi connectivity index (χ2n) is 4.43. The molecular formula is C15H13ClN2O. The third-order valence-electron chi connectivity index (χ3n) is 3.03. The van der Waals surface area contributed by atoms with Crippen LogP contribution in [-0.2, 0) is 12.8 Å². The van der Waals surface area contributed by atoms with Crippen LogP contribution < -0.4 is 5.73 Å². The van der Waals surface area contributed by atoms with Crippen LogP contribution in [0.25, 0.3) is 11.1 Å². The van der Waals surface area contributed by atoms with Crippen LogP contribution >= 0.6 is 11.6 Å². The number of oxazole rings is 1. The van der Waals surface area contributed by atoms with Crippen LogP contribution in [0.15, 0.2) is 46.9 Å². The molecule has 0 saturated heterocycles. The number of benzene rings is 2. The predicted octanol–water partition coefficient (Wildman–Crippen LogP) is 3.85. The summed E-state index contributed by atoms with van der Waals surface area (Å²) in [4.78, 5) is 4.43. The summed E-state index contributed by atoms with van der Waals surface area (Å²) in [5, 5.41) is 0.749. The van der Waals surface area contributed by atoms with E-state index in [1.807, 2.05) is 42.5 Å². The molecule has 0 aliphatic rings. The molecular weight excluding hydrogens is 260 g/mol. The molecule has 3 aromatic rings. The van der Waals surface area contributed by atoms with Gasteiger partial charge in [0, 0.05) is 11.4 Å². The molecule has 3 rings (SSSR count). The SMILES string of the molecule is Nc1cccc2nc(CCc3ccc(Cl)cc3)oc12. The first-order valence-electron chi connectivity index (χ1n) is 6.11. The number of nitrogens with zero attached hydrogens (tertiary/aromatic N) is 1. The van der Waals surface area contributed by atoms with Crippen LogP contribution in [-0.4, -0.2) is 4.98 Å². The van der Waals surface area contributed by atoms with Gasteiger partial charge in [-0.25, -0.2) is 4.98 Å². The zero-order chi connectivity index (χ0) is 13.2. The molecule has 2 N–H and O–H groups in total. The van der Waals surface area contributed by atoms with E-state index in [-0.39, 0.29) is 0 Å². The highest BCUT2D eigenvalue weighted by Crippen LogP contribution is 2.22. The quantitative estimate of drug-likeness (QED) is 0.737. The second-order valence-corrected chi connectivity index (χ2v) is 4.87. The Kier molecular flexibility index (Phi) is 3.13. The van der Waals surface area contributed by atoms with E-state index in [0.29, 0.717) is 17.2 Å². The van der Waals surface area contributed by atoms with Gasteiger partial charge in [-0.3, -0.25) is 0 Å². The molecule has 1 heterocycles. The zero-order valence-electron chi connectivity index (χ0n) is 10.3. The summed E-state index contributed by atoms with van der Waals surface area (Å²) < 4.78 is 5.68. The van der Waals surface area contributed by atoms with Crippen LogP contribution in [0.4, 0.5) is 5.69 Å². The number of fused-ring (bicyclic) bond motifs is 1. The second kappa shape index (κ2) is 4.94. The van der Waals surface area contributed by atoms with Crippen molar-refractivity contribution in [1.82, 2.24) is 4.98 Å². The van der Waals surface area contributed by atoms with E-state index in [1.165, 1.54) is 5.56 Å². The number of halogens is 1. The van der Waals surface area contributed by atoms with Crippen molar-refractivity contribution in [2.24, 2.45) is 0 Å². The smallest absolute Gasteiger partial charge is 0.195 e. The van der Waals surface area contributed by atoms with Crippen molar-refractivity contribution in [3.63, 3.8) is 0 Å². The molecule has 0 saturated carbocycles. The molecule has 2 aromatic carbocycles. The third kappa shape index (κ3) is 2.56. The maximum atomic E-state index is 5.85. The van der Waals surface area contributed by atoms with Crippen molar-refractivity contribution in [3.05, 3.63) is 58.9 Å². The zero-order valence-corrected chi connectivity index (χ0v) is 11.0. The summed E-state index contributed by atoms with van der Waals surface area (Å²) in [6.45, 7) is 0. The number of aryl methyl sites for hydroxylation is 2. The van der Waals surface area contributed by atoms with E-state index in [1.54, 1.807) is 0 Å². The summed E-state index contributed by atoms with van der Waals surface area (Å²) >= 11 is 5.85. The fraction of sp³-hybridized carbons (Fsp3) is 0.133. The van der Waals surface area contributed by atoms with Crippen LogP contribution in [0.5, 0.6) is 0 Å². The van der Waals surface area contributed by atoms with Crippen LogP contribution in [0.2, 0.25) is 5.02 Å². The molecule has 0 unspecified atom stereocenters. The average Bonchev–Trinajstić information content (AvgIpc) is 2.83. The van der Waals surface area contributed by atoms with Gasteiger partial charge in [-0.05, 0) is 36.2 Å². The molecule has 0 amide bonds. The maximum Gasteiger partial charge on any atom is 0.195 e. The topological polar surface area (TPSA) is 52.0 Å². The monoisotopic (exact) mass is 272 g/mol. The van der Waals surface area contributed by atoms with Gasteiger partial charge >= 0.3 is 0 Å². The number of rotatable bonds is 3. The van der Waals surface area contributed by atoms with Crippen molar-refractivity contribution in [3.8, 4) is 0 Å². The van der Waals surface area contributed by atoms with Gasteiger partial charge in [0.2, 0.25) is 0 Å². The summed E-state index contributed by atoms with van der Waals surface area (Å²) in [5.74, 6) is 0.711. The Bertz CT molecular complexity index is 704. The summed E-state index contributed by atoms with van der Waals surface area (Å²) in [7, 11) is 0. The Morgan fingerprint density at radius 2 is 1.84 bits per heavy atom. The normalized spacial score (nSPS) is 11.0. The minimum Gasteiger partial charge on any atom is -0.439 e. The molecule has 0 fully saturated rings. The van der Waals surface area contributed by atoms with Crippen molar-refractivity contribution in [1.29, 1.82) is 0 Å². The number of hydrogen-bond donors (Lipinski definition) is 1. The Hall–Kier alpha value is -2.00. The molecule has 4 heteroatoms. The lowest BCUT2D eigenvalue weighted by atomic mass is 10.1. The van der Waals surface area contributed by atoms with Gasteiger partial charge in [0.25, 0.3) is 0 Å². The van der Waals surface area contributed by atoms with E-state index < -0.39 is 0 Å². The predicted molar refractivity (Wildman–Crippen MR) is 77.3 cm³/mol. The Labute approximate surface area is 116 Å². The molecule has 96 valence electrons. The number of nitrogens with two attached hydrogens (primary N) is 1. The Balaban J connectivity index is 1.78. The van der Waals surface area contributed by atoms with E-state index in [4.69, 9.17) is 21.8 Å². The Morgan fingerprint density at radius 3 is 2.58 bits per heavy atom. The number of anilines is 1. The summed E-state index contributed by atoms with van der Waals surface area (Å²) in [6.07, 6.45) is 1.61. The first kappa shape index (κ1) is 12.1. The number of aromatic nitrogens is 1. The number of para-hydroxylation sites is 1.